The summed E-state index contributed by atoms with van der Waals surface area (Å²) < 4.78 is 5.63. The zero-order valence-electron chi connectivity index (χ0n) is 21.2. The number of benzene rings is 2. The highest BCUT2D eigenvalue weighted by atomic mass is 16.2. The second-order valence-electron chi connectivity index (χ2n) is 10.2. The second kappa shape index (κ2) is 9.63. The molecule has 0 spiro atoms. The smallest absolute Gasteiger partial charge is 0.329 e. The summed E-state index contributed by atoms with van der Waals surface area (Å²) in [5.41, 5.74) is 2.18. The fourth-order valence-electron chi connectivity index (χ4n) is 5.45. The molecule has 37 heavy (non-hydrogen) atoms. The minimum absolute atomic E-state index is 0.0668. The van der Waals surface area contributed by atoms with Crippen LogP contribution in [0.25, 0.3) is 21.9 Å². The van der Waals surface area contributed by atoms with Gasteiger partial charge in [-0.05, 0) is 50.6 Å². The van der Waals surface area contributed by atoms with Crippen molar-refractivity contribution in [2.75, 3.05) is 33.2 Å². The monoisotopic (exact) mass is 500 g/mol. The lowest BCUT2D eigenvalue weighted by Gasteiger charge is -2.32. The third-order valence-corrected chi connectivity index (χ3v) is 7.68. The van der Waals surface area contributed by atoms with Crippen LogP contribution in [0.1, 0.15) is 37.5 Å². The van der Waals surface area contributed by atoms with Gasteiger partial charge < -0.3 is 14.4 Å². The van der Waals surface area contributed by atoms with E-state index in [1.807, 2.05) is 56.5 Å². The first-order valence-electron chi connectivity index (χ1n) is 13.2. The lowest BCUT2D eigenvalue weighted by molar-refractivity contribution is -0.132. The van der Waals surface area contributed by atoms with Gasteiger partial charge in [0.25, 0.3) is 5.56 Å². The fourth-order valence-corrected chi connectivity index (χ4v) is 5.45. The number of rotatable bonds is 7. The van der Waals surface area contributed by atoms with E-state index in [0.29, 0.717) is 30.6 Å². The number of para-hydroxylation sites is 3. The molecule has 1 saturated carbocycles. The fraction of sp³-hybridized carbons (Fsp3) is 0.429. The van der Waals surface area contributed by atoms with Gasteiger partial charge in [0.05, 0.1) is 28.5 Å². The van der Waals surface area contributed by atoms with Crippen molar-refractivity contribution >= 4 is 27.8 Å². The third-order valence-electron chi connectivity index (χ3n) is 7.68. The lowest BCUT2D eigenvalue weighted by Crippen LogP contribution is -2.47. The van der Waals surface area contributed by atoms with E-state index in [0.717, 1.165) is 55.6 Å². The van der Waals surface area contributed by atoms with Crippen LogP contribution < -0.4 is 11.2 Å². The largest absolute Gasteiger partial charge is 0.340 e. The summed E-state index contributed by atoms with van der Waals surface area (Å²) in [7, 11) is 2.07. The molecule has 9 heteroatoms. The van der Waals surface area contributed by atoms with Crippen LogP contribution in [0.4, 0.5) is 0 Å². The van der Waals surface area contributed by atoms with Crippen LogP contribution in [-0.2, 0) is 17.9 Å². The predicted octanol–water partition coefficient (Wildman–Crippen LogP) is 2.45. The van der Waals surface area contributed by atoms with Crippen LogP contribution in [-0.4, -0.2) is 67.6 Å². The molecule has 2 aromatic heterocycles. The number of imidazole rings is 1. The van der Waals surface area contributed by atoms with Gasteiger partial charge in [0.2, 0.25) is 5.91 Å². The average Bonchev–Trinajstić information content (AvgIpc) is 3.71. The number of aryl methyl sites for hydroxylation is 1. The maximum absolute atomic E-state index is 13.5. The summed E-state index contributed by atoms with van der Waals surface area (Å²) >= 11 is 0. The average molecular weight is 501 g/mol. The molecule has 2 fully saturated rings. The van der Waals surface area contributed by atoms with Gasteiger partial charge >= 0.3 is 5.69 Å². The number of aromatic nitrogens is 4. The first kappa shape index (κ1) is 23.7. The molecule has 4 aromatic rings. The van der Waals surface area contributed by atoms with Crippen LogP contribution in [0.2, 0.25) is 0 Å². The third kappa shape index (κ3) is 4.48. The highest BCUT2D eigenvalue weighted by Crippen LogP contribution is 2.36. The van der Waals surface area contributed by atoms with Crippen molar-refractivity contribution in [1.29, 1.82) is 0 Å². The first-order chi connectivity index (χ1) is 18.0. The molecule has 1 aliphatic carbocycles. The number of hydrogen-bond acceptors (Lipinski definition) is 5. The Hall–Kier alpha value is -3.72. The Balaban J connectivity index is 1.33. The SMILES string of the molecule is CN1CCN(C(=O)CCCn2c(Cn3c(=O)n(C4CC4)c4ccccc43)nc(=O)c3ccccc32)CC1. The van der Waals surface area contributed by atoms with Gasteiger partial charge in [-0.2, -0.15) is 4.98 Å². The zero-order valence-corrected chi connectivity index (χ0v) is 21.2. The van der Waals surface area contributed by atoms with Gasteiger partial charge in [0.15, 0.2) is 0 Å². The molecular formula is C28H32N6O3. The summed E-state index contributed by atoms with van der Waals surface area (Å²) in [5, 5.41) is 0.546. The Labute approximate surface area is 214 Å². The van der Waals surface area contributed by atoms with Crippen molar-refractivity contribution in [3.63, 3.8) is 0 Å². The Kier molecular flexibility index (Phi) is 6.16. The molecule has 0 atom stereocenters. The number of likely N-dealkylation sites (N-methyl/N-ethyl adjacent to an activating group) is 1. The van der Waals surface area contributed by atoms with Crippen LogP contribution in [0.5, 0.6) is 0 Å². The van der Waals surface area contributed by atoms with Gasteiger partial charge in [-0.15, -0.1) is 0 Å². The molecule has 3 heterocycles. The quantitative estimate of drug-likeness (QED) is 0.389. The number of carbonyl (C=O) groups excluding carboxylic acids is 1. The van der Waals surface area contributed by atoms with E-state index in [1.54, 1.807) is 10.6 Å². The van der Waals surface area contributed by atoms with E-state index in [1.165, 1.54) is 0 Å². The van der Waals surface area contributed by atoms with Crippen molar-refractivity contribution in [3.8, 4) is 0 Å². The number of amides is 1. The molecule has 192 valence electrons. The van der Waals surface area contributed by atoms with Crippen molar-refractivity contribution in [3.05, 3.63) is 75.2 Å². The van der Waals surface area contributed by atoms with Gasteiger partial charge in [0.1, 0.15) is 5.82 Å². The minimum Gasteiger partial charge on any atom is -0.340 e. The van der Waals surface area contributed by atoms with E-state index in [2.05, 4.69) is 16.9 Å². The number of nitrogens with zero attached hydrogens (tertiary/aromatic N) is 6. The van der Waals surface area contributed by atoms with Gasteiger partial charge in [-0.25, -0.2) is 4.79 Å². The van der Waals surface area contributed by atoms with Gasteiger partial charge in [0, 0.05) is 45.2 Å². The molecule has 0 bridgehead atoms. The van der Waals surface area contributed by atoms with Crippen molar-refractivity contribution in [2.24, 2.45) is 0 Å². The normalized spacial score (nSPS) is 16.6. The Morgan fingerprint density at radius 1 is 0.892 bits per heavy atom. The van der Waals surface area contributed by atoms with Crippen molar-refractivity contribution < 1.29 is 4.79 Å². The van der Waals surface area contributed by atoms with Crippen LogP contribution in [0.15, 0.2) is 58.1 Å². The summed E-state index contributed by atoms with van der Waals surface area (Å²) in [6.07, 6.45) is 3.08. The summed E-state index contributed by atoms with van der Waals surface area (Å²) in [6.45, 7) is 4.05. The zero-order chi connectivity index (χ0) is 25.5. The molecule has 1 saturated heterocycles. The number of carbonyl (C=O) groups is 1. The number of piperazine rings is 1. The maximum Gasteiger partial charge on any atom is 0.329 e. The molecule has 2 aliphatic rings. The first-order valence-corrected chi connectivity index (χ1v) is 13.2. The minimum atomic E-state index is -0.297. The molecule has 0 unspecified atom stereocenters. The van der Waals surface area contributed by atoms with E-state index >= 15 is 0 Å². The Morgan fingerprint density at radius 3 is 2.30 bits per heavy atom. The standard InChI is InChI=1S/C28H32N6O3/c1-30-15-17-31(18-16-30)26(35)11-6-14-32-22-8-3-2-7-21(22)27(36)29-25(32)19-33-23-9-4-5-10-24(23)34(28(33)37)20-12-13-20/h2-5,7-10,20H,6,11-19H2,1H3. The highest BCUT2D eigenvalue weighted by Gasteiger charge is 2.29. The predicted molar refractivity (Wildman–Crippen MR) is 143 cm³/mol. The molecular weight excluding hydrogens is 468 g/mol. The van der Waals surface area contributed by atoms with E-state index < -0.39 is 0 Å². The molecule has 1 amide bonds. The van der Waals surface area contributed by atoms with Crippen molar-refractivity contribution in [2.45, 2.75) is 44.8 Å². The van der Waals surface area contributed by atoms with Crippen LogP contribution in [0.3, 0.4) is 0 Å². The lowest BCUT2D eigenvalue weighted by atomic mass is 10.2. The molecule has 0 radical (unpaired) electrons. The van der Waals surface area contributed by atoms with E-state index in [9.17, 15) is 14.4 Å². The number of hydrogen-bond donors (Lipinski definition) is 0. The molecule has 9 nitrogen and oxygen atoms in total. The maximum atomic E-state index is 13.5. The summed E-state index contributed by atoms with van der Waals surface area (Å²) in [5.74, 6) is 0.702. The van der Waals surface area contributed by atoms with Gasteiger partial charge in [-0.1, -0.05) is 24.3 Å². The van der Waals surface area contributed by atoms with Crippen molar-refractivity contribution in [1.82, 2.24) is 28.5 Å². The molecule has 1 aliphatic heterocycles. The van der Waals surface area contributed by atoms with Crippen LogP contribution >= 0.6 is 0 Å². The van der Waals surface area contributed by atoms with Crippen LogP contribution in [0, 0.1) is 0 Å². The molecule has 0 N–H and O–H groups in total. The topological polar surface area (TPSA) is 85.4 Å². The van der Waals surface area contributed by atoms with E-state index in [4.69, 9.17) is 0 Å². The Bertz CT molecular complexity index is 1590. The molecule has 6 rings (SSSR count). The number of fused-ring (bicyclic) bond motifs is 2. The van der Waals surface area contributed by atoms with Gasteiger partial charge in [-0.3, -0.25) is 18.7 Å². The second-order valence-corrected chi connectivity index (χ2v) is 10.2. The highest BCUT2D eigenvalue weighted by molar-refractivity contribution is 5.79. The summed E-state index contributed by atoms with van der Waals surface area (Å²) in [6, 6.07) is 15.5. The summed E-state index contributed by atoms with van der Waals surface area (Å²) in [4.78, 5) is 47.9. The molecule has 2 aromatic carbocycles. The Morgan fingerprint density at radius 2 is 1.57 bits per heavy atom. The van der Waals surface area contributed by atoms with E-state index in [-0.39, 0.29) is 29.7 Å².